The Kier molecular flexibility index (Phi) is 5.50. The Hall–Kier alpha value is -2.38. The predicted octanol–water partition coefficient (Wildman–Crippen LogP) is 3.04. The molecule has 2 N–H and O–H groups in total. The van der Waals surface area contributed by atoms with Crippen LogP contribution in [0, 0.1) is 5.41 Å². The van der Waals surface area contributed by atoms with Crippen LogP contribution in [0.25, 0.3) is 17.5 Å². The second-order valence-corrected chi connectivity index (χ2v) is 10.4. The maximum Gasteiger partial charge on any atom is 0.239 e. The number of likely N-dealkylation sites (N-methyl/N-ethyl adjacent to an activating group) is 1. The minimum Gasteiger partial charge on any atom is -0.379 e. The van der Waals surface area contributed by atoms with Gasteiger partial charge in [0.2, 0.25) is 5.91 Å². The lowest BCUT2D eigenvalue weighted by atomic mass is 9.76. The van der Waals surface area contributed by atoms with E-state index in [-0.39, 0.29) is 18.0 Å². The summed E-state index contributed by atoms with van der Waals surface area (Å²) in [5.41, 5.74) is 7.48. The molecule has 7 heteroatoms. The number of ether oxygens (including phenoxy) is 1. The van der Waals surface area contributed by atoms with Gasteiger partial charge in [-0.25, -0.2) is 0 Å². The highest BCUT2D eigenvalue weighted by atomic mass is 16.5. The summed E-state index contributed by atoms with van der Waals surface area (Å²) in [7, 11) is 1.93. The summed E-state index contributed by atoms with van der Waals surface area (Å²) in [4.78, 5) is 20.9. The van der Waals surface area contributed by atoms with Gasteiger partial charge in [0.25, 0.3) is 0 Å². The van der Waals surface area contributed by atoms with Crippen molar-refractivity contribution in [3.05, 3.63) is 34.7 Å². The number of hydrogen-bond acceptors (Lipinski definition) is 4. The van der Waals surface area contributed by atoms with E-state index in [2.05, 4.69) is 52.1 Å². The van der Waals surface area contributed by atoms with Gasteiger partial charge in [-0.05, 0) is 43.2 Å². The lowest BCUT2D eigenvalue weighted by Crippen LogP contribution is -2.52. The van der Waals surface area contributed by atoms with Crippen LogP contribution >= 0.6 is 0 Å². The molecule has 1 amide bonds. The van der Waals surface area contributed by atoms with Crippen LogP contribution in [0.15, 0.2) is 12.1 Å². The number of H-pyrrole nitrogens is 2. The molecule has 3 aliphatic rings. The number of amides is 1. The summed E-state index contributed by atoms with van der Waals surface area (Å²) in [6.45, 7) is 9.70. The van der Waals surface area contributed by atoms with E-state index in [9.17, 15) is 4.79 Å². The monoisotopic (exact) mass is 437 g/mol. The van der Waals surface area contributed by atoms with Crippen LogP contribution in [0.3, 0.4) is 0 Å². The molecule has 2 aromatic rings. The number of aromatic nitrogens is 3. The van der Waals surface area contributed by atoms with E-state index in [1.165, 1.54) is 28.9 Å². The van der Waals surface area contributed by atoms with Crippen LogP contribution in [-0.4, -0.2) is 76.3 Å². The van der Waals surface area contributed by atoms with Gasteiger partial charge < -0.3 is 14.6 Å². The van der Waals surface area contributed by atoms with E-state index in [1.807, 2.05) is 18.9 Å². The van der Waals surface area contributed by atoms with Crippen molar-refractivity contribution < 1.29 is 9.53 Å². The maximum absolute atomic E-state index is 13.1. The van der Waals surface area contributed by atoms with Crippen molar-refractivity contribution in [1.82, 2.24) is 25.0 Å². The molecule has 0 radical (unpaired) electrons. The van der Waals surface area contributed by atoms with Crippen LogP contribution in [0.4, 0.5) is 0 Å². The molecule has 2 aromatic heterocycles. The highest BCUT2D eigenvalue weighted by Gasteiger charge is 2.32. The van der Waals surface area contributed by atoms with Gasteiger partial charge in [0.15, 0.2) is 0 Å². The molecule has 2 aliphatic carbocycles. The van der Waals surface area contributed by atoms with Crippen molar-refractivity contribution in [3.63, 3.8) is 0 Å². The van der Waals surface area contributed by atoms with Gasteiger partial charge in [-0.2, -0.15) is 5.10 Å². The average Bonchev–Trinajstić information content (AvgIpc) is 3.40. The maximum atomic E-state index is 13.1. The zero-order valence-corrected chi connectivity index (χ0v) is 19.7. The minimum atomic E-state index is -0.127. The molecule has 0 aromatic carbocycles. The first-order valence-electron chi connectivity index (χ1n) is 11.9. The first-order chi connectivity index (χ1) is 15.3. The number of morpholine rings is 1. The molecule has 1 aliphatic heterocycles. The third-order valence-electron chi connectivity index (χ3n) is 7.56. The van der Waals surface area contributed by atoms with Crippen molar-refractivity contribution in [2.45, 2.75) is 58.5 Å². The summed E-state index contributed by atoms with van der Waals surface area (Å²) in [6.07, 6.45) is 8.40. The van der Waals surface area contributed by atoms with Gasteiger partial charge >= 0.3 is 0 Å². The zero-order valence-electron chi connectivity index (χ0n) is 19.7. The van der Waals surface area contributed by atoms with Gasteiger partial charge in [0, 0.05) is 43.5 Å². The van der Waals surface area contributed by atoms with Crippen LogP contribution in [0.2, 0.25) is 0 Å². The van der Waals surface area contributed by atoms with E-state index in [0.29, 0.717) is 18.6 Å². The van der Waals surface area contributed by atoms with Gasteiger partial charge in [-0.3, -0.25) is 14.8 Å². The molecule has 3 heterocycles. The zero-order chi connectivity index (χ0) is 22.5. The summed E-state index contributed by atoms with van der Waals surface area (Å²) in [5.74, 6) is 0.167. The molecular weight excluding hydrogens is 402 g/mol. The number of nitrogens with one attached hydrogen (secondary N) is 2. The smallest absolute Gasteiger partial charge is 0.239 e. The molecule has 0 saturated carbocycles. The average molecular weight is 438 g/mol. The number of aromatic amines is 2. The van der Waals surface area contributed by atoms with Crippen molar-refractivity contribution in [2.24, 2.45) is 5.41 Å². The van der Waals surface area contributed by atoms with Crippen molar-refractivity contribution in [2.75, 3.05) is 33.4 Å². The summed E-state index contributed by atoms with van der Waals surface area (Å²) in [6, 6.07) is 2.13. The molecule has 32 heavy (non-hydrogen) atoms. The van der Waals surface area contributed by atoms with E-state index < -0.39 is 0 Å². The molecule has 0 bridgehead atoms. The highest BCUT2D eigenvalue weighted by molar-refractivity contribution is 5.82. The number of rotatable bonds is 4. The molecule has 1 saturated heterocycles. The fraction of sp³-hybridized carbons (Fsp3) is 0.600. The molecule has 7 nitrogen and oxygen atoms in total. The molecular formula is C25H35N5O2. The van der Waals surface area contributed by atoms with Crippen LogP contribution in [0.1, 0.15) is 49.7 Å². The fourth-order valence-electron chi connectivity index (χ4n) is 5.37. The third-order valence-corrected chi connectivity index (χ3v) is 7.56. The highest BCUT2D eigenvalue weighted by Crippen LogP contribution is 2.38. The van der Waals surface area contributed by atoms with Gasteiger partial charge in [-0.1, -0.05) is 26.0 Å². The molecule has 1 unspecified atom stereocenters. The second-order valence-electron chi connectivity index (χ2n) is 10.4. The first-order valence-corrected chi connectivity index (χ1v) is 11.9. The Morgan fingerprint density at radius 2 is 2.09 bits per heavy atom. The van der Waals surface area contributed by atoms with Gasteiger partial charge in [0.1, 0.15) is 5.69 Å². The van der Waals surface area contributed by atoms with E-state index in [4.69, 9.17) is 4.74 Å². The Morgan fingerprint density at radius 3 is 2.88 bits per heavy atom. The van der Waals surface area contributed by atoms with Crippen LogP contribution in [-0.2, 0) is 28.8 Å². The van der Waals surface area contributed by atoms with Crippen molar-refractivity contribution in [3.8, 4) is 11.4 Å². The molecule has 1 fully saturated rings. The molecule has 2 atom stereocenters. The minimum absolute atomic E-state index is 0.0545. The fourth-order valence-corrected chi connectivity index (χ4v) is 5.37. The van der Waals surface area contributed by atoms with E-state index in [0.717, 1.165) is 43.7 Å². The van der Waals surface area contributed by atoms with Gasteiger partial charge in [0.05, 0.1) is 31.0 Å². The largest absolute Gasteiger partial charge is 0.379 e. The Balaban J connectivity index is 1.30. The number of carbonyl (C=O) groups excluding carboxylic acids is 1. The number of fused-ring (bicyclic) bond motifs is 2. The molecule has 0 spiro atoms. The molecule has 5 rings (SSSR count). The SMILES string of the molecule is C[C@H](C(=O)N(C)C1C=Cc2cc(-c3n[nH]c4c3CCC(C)(C)C4)[nH]c2C1)N1CCOCC1. The standard InChI is InChI=1S/C25H35N5O2/c1-16(30-9-11-32-12-10-30)24(31)29(4)18-6-5-17-13-21(26-20(17)14-18)23-19-7-8-25(2,3)15-22(19)27-28-23/h5-6,13,16,18,26H,7-12,14-15H2,1-4H3,(H,27,28)/t16-,18?/m1/s1. The summed E-state index contributed by atoms with van der Waals surface area (Å²) < 4.78 is 5.43. The Labute approximate surface area is 190 Å². The van der Waals surface area contributed by atoms with E-state index >= 15 is 0 Å². The van der Waals surface area contributed by atoms with Crippen molar-refractivity contribution >= 4 is 12.0 Å². The second kappa shape index (κ2) is 8.19. The van der Waals surface area contributed by atoms with Crippen LogP contribution < -0.4 is 0 Å². The van der Waals surface area contributed by atoms with Crippen molar-refractivity contribution in [1.29, 1.82) is 0 Å². The predicted molar refractivity (Wildman–Crippen MR) is 125 cm³/mol. The quantitative estimate of drug-likeness (QED) is 0.771. The van der Waals surface area contributed by atoms with Gasteiger partial charge in [-0.15, -0.1) is 0 Å². The lowest BCUT2D eigenvalue weighted by Gasteiger charge is -2.36. The summed E-state index contributed by atoms with van der Waals surface area (Å²) in [5, 5.41) is 7.97. The van der Waals surface area contributed by atoms with Crippen LogP contribution in [0.5, 0.6) is 0 Å². The Bertz CT molecular complexity index is 1030. The lowest BCUT2D eigenvalue weighted by molar-refractivity contribution is -0.138. The first kappa shape index (κ1) is 21.5. The molecule has 172 valence electrons. The number of nitrogens with zero attached hydrogens (tertiary/aromatic N) is 3. The number of carbonyl (C=O) groups is 1. The number of hydrogen-bond donors (Lipinski definition) is 2. The normalized spacial score (nSPS) is 23.4. The topological polar surface area (TPSA) is 77.2 Å². The third kappa shape index (κ3) is 3.92. The summed E-state index contributed by atoms with van der Waals surface area (Å²) >= 11 is 0. The van der Waals surface area contributed by atoms with E-state index in [1.54, 1.807) is 0 Å². The Morgan fingerprint density at radius 1 is 1.31 bits per heavy atom.